The fourth-order valence-corrected chi connectivity index (χ4v) is 5.32. The molecule has 40 heavy (non-hydrogen) atoms. The highest BCUT2D eigenvalue weighted by atomic mass is 19.4. The van der Waals surface area contributed by atoms with Crippen molar-refractivity contribution >= 4 is 5.91 Å². The van der Waals surface area contributed by atoms with E-state index in [9.17, 15) is 23.1 Å². The van der Waals surface area contributed by atoms with E-state index in [-0.39, 0.29) is 31.2 Å². The first-order valence-corrected chi connectivity index (χ1v) is 13.0. The minimum absolute atomic E-state index is 0.00701. The van der Waals surface area contributed by atoms with Crippen LogP contribution < -0.4 is 10.1 Å². The second-order valence-electron chi connectivity index (χ2n) is 9.83. The number of likely N-dealkylation sites (tertiary alicyclic amines) is 1. The van der Waals surface area contributed by atoms with Crippen molar-refractivity contribution in [3.8, 4) is 5.75 Å². The Balaban J connectivity index is 1.40. The summed E-state index contributed by atoms with van der Waals surface area (Å²) < 4.78 is 41.3. The van der Waals surface area contributed by atoms with E-state index in [1.807, 2.05) is 91.0 Å². The molecule has 4 aromatic rings. The zero-order valence-electron chi connectivity index (χ0n) is 21.6. The normalized spacial score (nSPS) is 17.6. The fraction of sp³-hybridized carbons (Fsp3) is 0.219. The Labute approximate surface area is 230 Å². The number of alkyl halides is 3. The molecule has 0 radical (unpaired) electrons. The van der Waals surface area contributed by atoms with Gasteiger partial charge in [0.05, 0.1) is 24.1 Å². The molecule has 0 aromatic heterocycles. The first-order chi connectivity index (χ1) is 19.2. The number of carbonyl (C=O) groups excluding carboxylic acids is 1. The summed E-state index contributed by atoms with van der Waals surface area (Å²) in [5, 5.41) is 14.9. The van der Waals surface area contributed by atoms with Crippen LogP contribution in [0.2, 0.25) is 0 Å². The number of carbonyl (C=O) groups is 1. The third-order valence-corrected chi connectivity index (χ3v) is 7.18. The lowest BCUT2D eigenvalue weighted by Crippen LogP contribution is -2.53. The summed E-state index contributed by atoms with van der Waals surface area (Å²) in [5.41, 5.74) is 2.72. The predicted octanol–water partition coefficient (Wildman–Crippen LogP) is 5.28. The molecule has 0 aliphatic carbocycles. The third-order valence-electron chi connectivity index (χ3n) is 7.18. The van der Waals surface area contributed by atoms with Crippen molar-refractivity contribution in [3.05, 3.63) is 138 Å². The van der Waals surface area contributed by atoms with Gasteiger partial charge < -0.3 is 14.7 Å². The minimum Gasteiger partial charge on any atom is -0.406 e. The van der Waals surface area contributed by atoms with Gasteiger partial charge in [0, 0.05) is 13.1 Å². The van der Waals surface area contributed by atoms with Crippen LogP contribution in [0.4, 0.5) is 13.2 Å². The number of halogens is 3. The lowest BCUT2D eigenvalue weighted by molar-refractivity contribution is -0.274. The molecule has 8 heteroatoms. The summed E-state index contributed by atoms with van der Waals surface area (Å²) in [4.78, 5) is 14.8. The van der Waals surface area contributed by atoms with Gasteiger partial charge in [-0.3, -0.25) is 10.1 Å². The van der Waals surface area contributed by atoms with E-state index in [4.69, 9.17) is 0 Å². The molecule has 1 amide bonds. The number of hydrogen-bond acceptors (Lipinski definition) is 4. The van der Waals surface area contributed by atoms with Crippen molar-refractivity contribution in [2.24, 2.45) is 0 Å². The van der Waals surface area contributed by atoms with Crippen LogP contribution in [0.15, 0.2) is 115 Å². The SMILES string of the molecule is O=C(Cc1ccc(OC(F)(F)F)cc1)N1CC(O)C(NC(c2ccccc2)(c2ccccc2)c2ccccc2)C1. The molecule has 2 atom stereocenters. The smallest absolute Gasteiger partial charge is 0.406 e. The minimum atomic E-state index is -4.78. The average molecular weight is 547 g/mol. The molecule has 1 fully saturated rings. The fourth-order valence-electron chi connectivity index (χ4n) is 5.32. The maximum absolute atomic E-state index is 13.2. The number of β-amino-alcohol motifs (C(OH)–C–C–N with tert-alkyl or cyclic N) is 1. The molecular formula is C32H29F3N2O3. The molecule has 0 saturated carbocycles. The quantitative estimate of drug-likeness (QED) is 0.295. The average Bonchev–Trinajstić information content (AvgIpc) is 3.33. The Morgan fingerprint density at radius 3 is 1.70 bits per heavy atom. The molecule has 1 saturated heterocycles. The van der Waals surface area contributed by atoms with E-state index in [1.54, 1.807) is 4.90 Å². The Bertz CT molecular complexity index is 1300. The number of benzene rings is 4. The molecule has 2 N–H and O–H groups in total. The molecule has 1 heterocycles. The highest BCUT2D eigenvalue weighted by Gasteiger charge is 2.43. The van der Waals surface area contributed by atoms with Gasteiger partial charge in [-0.05, 0) is 34.4 Å². The van der Waals surface area contributed by atoms with E-state index in [0.717, 1.165) is 16.7 Å². The standard InChI is InChI=1S/C32H29F3N2O3/c33-32(34,35)40-27-18-16-23(17-19-27)20-30(39)37-21-28(29(38)22-37)36-31(24-10-4-1-5-11-24,25-12-6-2-7-13-25)26-14-8-3-9-15-26/h1-19,28-29,36,38H,20-22H2. The van der Waals surface area contributed by atoms with Gasteiger partial charge in [-0.2, -0.15) is 0 Å². The van der Waals surface area contributed by atoms with Gasteiger partial charge in [-0.15, -0.1) is 13.2 Å². The summed E-state index contributed by atoms with van der Waals surface area (Å²) in [5.74, 6) is -0.568. The van der Waals surface area contributed by atoms with Crippen LogP contribution in [0.1, 0.15) is 22.3 Å². The van der Waals surface area contributed by atoms with Gasteiger partial charge in [0.15, 0.2) is 0 Å². The van der Waals surface area contributed by atoms with E-state index in [0.29, 0.717) is 5.56 Å². The van der Waals surface area contributed by atoms with Crippen LogP contribution in [0.5, 0.6) is 5.75 Å². The highest BCUT2D eigenvalue weighted by molar-refractivity contribution is 5.79. The van der Waals surface area contributed by atoms with E-state index in [1.165, 1.54) is 24.3 Å². The van der Waals surface area contributed by atoms with E-state index in [2.05, 4.69) is 10.1 Å². The van der Waals surface area contributed by atoms with Gasteiger partial charge in [-0.1, -0.05) is 103 Å². The van der Waals surface area contributed by atoms with Gasteiger partial charge in [-0.25, -0.2) is 0 Å². The van der Waals surface area contributed by atoms with Gasteiger partial charge in [0.25, 0.3) is 0 Å². The molecule has 2 unspecified atom stereocenters. The largest absolute Gasteiger partial charge is 0.573 e. The van der Waals surface area contributed by atoms with Gasteiger partial charge >= 0.3 is 6.36 Å². The molecule has 206 valence electrons. The number of nitrogens with one attached hydrogen (secondary N) is 1. The van der Waals surface area contributed by atoms with Gasteiger partial charge in [0.2, 0.25) is 5.91 Å². The summed E-state index contributed by atoms with van der Waals surface area (Å²) in [6, 6.07) is 34.8. The van der Waals surface area contributed by atoms with Crippen LogP contribution >= 0.6 is 0 Å². The first kappa shape index (κ1) is 27.4. The first-order valence-electron chi connectivity index (χ1n) is 13.0. The van der Waals surface area contributed by atoms with Crippen LogP contribution in [0, 0.1) is 0 Å². The molecule has 5 rings (SSSR count). The number of aliphatic hydroxyl groups excluding tert-OH is 1. The second-order valence-corrected chi connectivity index (χ2v) is 9.83. The predicted molar refractivity (Wildman–Crippen MR) is 146 cm³/mol. The Morgan fingerprint density at radius 2 is 1.25 bits per heavy atom. The zero-order valence-corrected chi connectivity index (χ0v) is 21.6. The molecule has 4 aromatic carbocycles. The van der Waals surface area contributed by atoms with Crippen LogP contribution in [-0.4, -0.2) is 47.5 Å². The molecule has 0 spiro atoms. The lowest BCUT2D eigenvalue weighted by atomic mass is 9.76. The number of amides is 1. The summed E-state index contributed by atoms with van der Waals surface area (Å²) in [6.07, 6.45) is -5.62. The third kappa shape index (κ3) is 6.03. The number of aliphatic hydroxyl groups is 1. The lowest BCUT2D eigenvalue weighted by Gasteiger charge is -2.40. The van der Waals surface area contributed by atoms with Crippen molar-refractivity contribution in [3.63, 3.8) is 0 Å². The second kappa shape index (κ2) is 11.5. The molecule has 1 aliphatic heterocycles. The zero-order chi connectivity index (χ0) is 28.2. The Hall–Kier alpha value is -4.14. The monoisotopic (exact) mass is 546 g/mol. The molecule has 1 aliphatic rings. The molecule has 5 nitrogen and oxygen atoms in total. The number of nitrogens with zero attached hydrogens (tertiary/aromatic N) is 1. The summed E-state index contributed by atoms with van der Waals surface area (Å²) >= 11 is 0. The van der Waals surface area contributed by atoms with Crippen molar-refractivity contribution in [2.45, 2.75) is 30.5 Å². The van der Waals surface area contributed by atoms with Crippen molar-refractivity contribution in [1.29, 1.82) is 0 Å². The van der Waals surface area contributed by atoms with Crippen LogP contribution in [0.3, 0.4) is 0 Å². The maximum atomic E-state index is 13.2. The van der Waals surface area contributed by atoms with Crippen molar-refractivity contribution < 1.29 is 27.8 Å². The molecule has 0 bridgehead atoms. The maximum Gasteiger partial charge on any atom is 0.573 e. The summed E-state index contributed by atoms with van der Waals surface area (Å²) in [7, 11) is 0. The number of ether oxygens (including phenoxy) is 1. The molecular weight excluding hydrogens is 517 g/mol. The van der Waals surface area contributed by atoms with Crippen LogP contribution in [0.25, 0.3) is 0 Å². The van der Waals surface area contributed by atoms with Crippen LogP contribution in [-0.2, 0) is 16.8 Å². The topological polar surface area (TPSA) is 61.8 Å². The van der Waals surface area contributed by atoms with E-state index < -0.39 is 24.0 Å². The Morgan fingerprint density at radius 1 is 0.775 bits per heavy atom. The van der Waals surface area contributed by atoms with Gasteiger partial charge in [0.1, 0.15) is 5.75 Å². The number of rotatable bonds is 8. The van der Waals surface area contributed by atoms with Crippen molar-refractivity contribution in [2.75, 3.05) is 13.1 Å². The number of hydrogen-bond donors (Lipinski definition) is 2. The van der Waals surface area contributed by atoms with E-state index >= 15 is 0 Å². The Kier molecular flexibility index (Phi) is 7.91. The highest BCUT2D eigenvalue weighted by Crippen LogP contribution is 2.38. The summed E-state index contributed by atoms with van der Waals surface area (Å²) in [6.45, 7) is 0.406. The van der Waals surface area contributed by atoms with Crippen molar-refractivity contribution in [1.82, 2.24) is 10.2 Å².